The van der Waals surface area contributed by atoms with Gasteiger partial charge in [-0.05, 0) is 43.3 Å². The van der Waals surface area contributed by atoms with E-state index in [1.807, 2.05) is 0 Å². The predicted octanol–water partition coefficient (Wildman–Crippen LogP) is 4.46. The molecule has 2 aromatic carbocycles. The monoisotopic (exact) mass is 376 g/mol. The average molecular weight is 377 g/mol. The fraction of sp³-hybridized carbons (Fsp3) is 0.167. The Labute approximate surface area is 153 Å². The lowest BCUT2D eigenvalue weighted by atomic mass is 10.2. The normalized spacial score (nSPS) is 11.8. The molecule has 8 heteroatoms. The highest BCUT2D eigenvalue weighted by Gasteiger charge is 2.23. The van der Waals surface area contributed by atoms with Crippen molar-refractivity contribution in [3.8, 4) is 17.2 Å². The Hall–Kier alpha value is -2.93. The van der Waals surface area contributed by atoms with Crippen molar-refractivity contribution >= 4 is 17.6 Å². The van der Waals surface area contributed by atoms with Crippen LogP contribution in [0.25, 0.3) is 11.5 Å². The van der Waals surface area contributed by atoms with Gasteiger partial charge in [-0.2, -0.15) is 0 Å². The van der Waals surface area contributed by atoms with Crippen molar-refractivity contribution in [1.29, 1.82) is 0 Å². The Bertz CT molecular complexity index is 907. The summed E-state index contributed by atoms with van der Waals surface area (Å²) in [6, 6.07) is 10.9. The van der Waals surface area contributed by atoms with Crippen molar-refractivity contribution in [3.05, 3.63) is 64.8 Å². The Kier molecular flexibility index (Phi) is 5.18. The van der Waals surface area contributed by atoms with Crippen LogP contribution < -0.4 is 4.74 Å². The van der Waals surface area contributed by atoms with Crippen LogP contribution in [-0.2, 0) is 4.74 Å². The Morgan fingerprint density at radius 1 is 1.19 bits per heavy atom. The molecule has 0 bridgehead atoms. The van der Waals surface area contributed by atoms with Gasteiger partial charge in [0.15, 0.2) is 6.10 Å². The minimum atomic E-state index is -0.912. The number of hydrogen-bond donors (Lipinski definition) is 0. The lowest BCUT2D eigenvalue weighted by Gasteiger charge is -2.10. The van der Waals surface area contributed by atoms with E-state index >= 15 is 0 Å². The number of esters is 1. The molecule has 134 valence electrons. The van der Waals surface area contributed by atoms with Gasteiger partial charge in [-0.3, -0.25) is 0 Å². The molecule has 1 aromatic heterocycles. The van der Waals surface area contributed by atoms with Crippen LogP contribution in [0.3, 0.4) is 0 Å². The highest BCUT2D eigenvalue weighted by molar-refractivity contribution is 6.33. The Morgan fingerprint density at radius 2 is 1.92 bits per heavy atom. The largest absolute Gasteiger partial charge is 0.497 e. The zero-order valence-electron chi connectivity index (χ0n) is 13.9. The van der Waals surface area contributed by atoms with Gasteiger partial charge >= 0.3 is 5.97 Å². The number of halogens is 2. The third-order valence-electron chi connectivity index (χ3n) is 3.58. The third-order valence-corrected chi connectivity index (χ3v) is 3.89. The van der Waals surface area contributed by atoms with E-state index in [2.05, 4.69) is 10.2 Å². The summed E-state index contributed by atoms with van der Waals surface area (Å²) >= 11 is 5.86. The van der Waals surface area contributed by atoms with E-state index in [-0.39, 0.29) is 22.4 Å². The average Bonchev–Trinajstić information content (AvgIpc) is 3.12. The fourth-order valence-corrected chi connectivity index (χ4v) is 2.45. The van der Waals surface area contributed by atoms with Crippen LogP contribution >= 0.6 is 11.6 Å². The van der Waals surface area contributed by atoms with Crippen molar-refractivity contribution in [3.63, 3.8) is 0 Å². The maximum absolute atomic E-state index is 13.8. The molecule has 0 unspecified atom stereocenters. The van der Waals surface area contributed by atoms with Crippen molar-refractivity contribution in [2.75, 3.05) is 7.11 Å². The molecule has 3 rings (SSSR count). The molecule has 1 heterocycles. The number of methoxy groups -OCH3 is 1. The number of carbonyl (C=O) groups is 1. The summed E-state index contributed by atoms with van der Waals surface area (Å²) in [4.78, 5) is 12.2. The van der Waals surface area contributed by atoms with Gasteiger partial charge in [0.1, 0.15) is 17.1 Å². The molecule has 0 aliphatic carbocycles. The second-order valence-corrected chi connectivity index (χ2v) is 5.73. The number of aromatic nitrogens is 2. The first kappa shape index (κ1) is 17.9. The Morgan fingerprint density at radius 3 is 2.58 bits per heavy atom. The summed E-state index contributed by atoms with van der Waals surface area (Å²) < 4.78 is 29.6. The second-order valence-electron chi connectivity index (χ2n) is 5.32. The smallest absolute Gasteiger partial charge is 0.343 e. The second kappa shape index (κ2) is 7.53. The van der Waals surface area contributed by atoms with E-state index in [4.69, 9.17) is 25.5 Å². The fourth-order valence-electron chi connectivity index (χ4n) is 2.21. The van der Waals surface area contributed by atoms with E-state index in [0.29, 0.717) is 11.3 Å². The molecule has 0 amide bonds. The molecule has 1 atom stereocenters. The molecule has 0 saturated carbocycles. The minimum absolute atomic E-state index is 0.0355. The standard InChI is InChI=1S/C18H14ClFN2O4/c1-10(25-18(23)15-13(19)4-3-5-14(15)20)16-21-22-17(26-16)11-6-8-12(24-2)9-7-11/h3-10H,1-2H3/t10-/m0/s1. The van der Waals surface area contributed by atoms with Gasteiger partial charge in [0, 0.05) is 5.56 Å². The van der Waals surface area contributed by atoms with Crippen LogP contribution in [0.5, 0.6) is 5.75 Å². The van der Waals surface area contributed by atoms with Gasteiger partial charge < -0.3 is 13.9 Å². The van der Waals surface area contributed by atoms with Gasteiger partial charge in [0.25, 0.3) is 5.89 Å². The van der Waals surface area contributed by atoms with Crippen LogP contribution in [0.1, 0.15) is 29.3 Å². The number of nitrogens with zero attached hydrogens (tertiary/aromatic N) is 2. The van der Waals surface area contributed by atoms with Crippen LogP contribution in [0.15, 0.2) is 46.9 Å². The number of benzene rings is 2. The lowest BCUT2D eigenvalue weighted by Crippen LogP contribution is -2.12. The summed E-state index contributed by atoms with van der Waals surface area (Å²) in [5.74, 6) is -0.646. The first-order valence-electron chi connectivity index (χ1n) is 7.62. The van der Waals surface area contributed by atoms with E-state index in [0.717, 1.165) is 6.07 Å². The van der Waals surface area contributed by atoms with Gasteiger partial charge in [-0.25, -0.2) is 9.18 Å². The van der Waals surface area contributed by atoms with Gasteiger partial charge in [0.2, 0.25) is 5.89 Å². The SMILES string of the molecule is COc1ccc(-c2nnc([C@H](C)OC(=O)c3c(F)cccc3Cl)o2)cc1. The van der Waals surface area contributed by atoms with Crippen molar-refractivity contribution in [2.24, 2.45) is 0 Å². The first-order chi connectivity index (χ1) is 12.5. The maximum atomic E-state index is 13.8. The van der Waals surface area contributed by atoms with Crippen molar-refractivity contribution in [2.45, 2.75) is 13.0 Å². The Balaban J connectivity index is 1.75. The molecule has 0 saturated heterocycles. The molecule has 0 radical (unpaired) electrons. The summed E-state index contributed by atoms with van der Waals surface area (Å²) in [7, 11) is 1.57. The van der Waals surface area contributed by atoms with E-state index < -0.39 is 17.9 Å². The summed E-state index contributed by atoms with van der Waals surface area (Å²) in [5, 5.41) is 7.77. The summed E-state index contributed by atoms with van der Waals surface area (Å²) in [6.07, 6.45) is -0.877. The van der Waals surface area contributed by atoms with Gasteiger partial charge in [0.05, 0.1) is 12.1 Å². The van der Waals surface area contributed by atoms with E-state index in [1.54, 1.807) is 31.4 Å². The molecule has 26 heavy (non-hydrogen) atoms. The molecule has 3 aromatic rings. The number of carbonyl (C=O) groups excluding carboxylic acids is 1. The predicted molar refractivity (Wildman–Crippen MR) is 91.5 cm³/mol. The number of hydrogen-bond acceptors (Lipinski definition) is 6. The molecule has 0 N–H and O–H groups in total. The highest BCUT2D eigenvalue weighted by Crippen LogP contribution is 2.26. The van der Waals surface area contributed by atoms with Crippen molar-refractivity contribution in [1.82, 2.24) is 10.2 Å². The lowest BCUT2D eigenvalue weighted by molar-refractivity contribution is 0.0275. The molecule has 0 aliphatic heterocycles. The van der Waals surface area contributed by atoms with Gasteiger partial charge in [-0.15, -0.1) is 10.2 Å². The quantitative estimate of drug-likeness (QED) is 0.612. The minimum Gasteiger partial charge on any atom is -0.497 e. The first-order valence-corrected chi connectivity index (χ1v) is 8.00. The zero-order valence-corrected chi connectivity index (χ0v) is 14.7. The molecule has 6 nitrogen and oxygen atoms in total. The van der Waals surface area contributed by atoms with Gasteiger partial charge in [-0.1, -0.05) is 17.7 Å². The van der Waals surface area contributed by atoms with E-state index in [9.17, 15) is 9.18 Å². The number of ether oxygens (including phenoxy) is 2. The third kappa shape index (κ3) is 3.67. The van der Waals surface area contributed by atoms with Crippen LogP contribution in [0.2, 0.25) is 5.02 Å². The van der Waals surface area contributed by atoms with Crippen molar-refractivity contribution < 1.29 is 23.1 Å². The van der Waals surface area contributed by atoms with Crippen LogP contribution in [0, 0.1) is 5.82 Å². The topological polar surface area (TPSA) is 74.5 Å². The van der Waals surface area contributed by atoms with Crippen LogP contribution in [0.4, 0.5) is 4.39 Å². The molecule has 0 spiro atoms. The molecular formula is C18H14ClFN2O4. The zero-order chi connectivity index (χ0) is 18.7. The highest BCUT2D eigenvalue weighted by atomic mass is 35.5. The molecule has 0 fully saturated rings. The summed E-state index contributed by atoms with van der Waals surface area (Å²) in [6.45, 7) is 1.54. The van der Waals surface area contributed by atoms with E-state index in [1.165, 1.54) is 19.1 Å². The van der Waals surface area contributed by atoms with Crippen LogP contribution in [-0.4, -0.2) is 23.3 Å². The number of rotatable bonds is 5. The maximum Gasteiger partial charge on any atom is 0.343 e. The molecule has 0 aliphatic rings. The summed E-state index contributed by atoms with van der Waals surface area (Å²) in [5.41, 5.74) is 0.344. The molecular weight excluding hydrogens is 363 g/mol.